The van der Waals surface area contributed by atoms with Gasteiger partial charge in [-0.1, -0.05) is 11.6 Å². The number of sulfonamides is 1. The SMILES string of the molecule is COC(=O)c1nc([C@@]2(Cc3cc(Cl)c(F)cc3F)CC[C@H](NS(C)(=O)=O)C2)ns1. The molecule has 158 valence electrons. The van der Waals surface area contributed by atoms with E-state index in [1.54, 1.807) is 0 Å². The maximum Gasteiger partial charge on any atom is 0.368 e. The second kappa shape index (κ2) is 8.21. The topological polar surface area (TPSA) is 98.2 Å². The molecule has 1 aliphatic carbocycles. The van der Waals surface area contributed by atoms with Gasteiger partial charge in [0.15, 0.2) is 0 Å². The van der Waals surface area contributed by atoms with Crippen molar-refractivity contribution in [1.82, 2.24) is 14.1 Å². The van der Waals surface area contributed by atoms with Crippen molar-refractivity contribution in [1.29, 1.82) is 0 Å². The van der Waals surface area contributed by atoms with Gasteiger partial charge in [0.25, 0.3) is 0 Å². The van der Waals surface area contributed by atoms with Crippen LogP contribution >= 0.6 is 23.1 Å². The molecule has 1 fully saturated rings. The molecule has 0 radical (unpaired) electrons. The number of hydrogen-bond donors (Lipinski definition) is 1. The third kappa shape index (κ3) is 4.90. The summed E-state index contributed by atoms with van der Waals surface area (Å²) in [5.41, 5.74) is -0.696. The van der Waals surface area contributed by atoms with E-state index in [0.29, 0.717) is 24.7 Å². The van der Waals surface area contributed by atoms with Crippen molar-refractivity contribution >= 4 is 39.1 Å². The monoisotopic (exact) mass is 465 g/mol. The number of methoxy groups -OCH3 is 1. The van der Waals surface area contributed by atoms with Gasteiger partial charge >= 0.3 is 5.97 Å². The van der Waals surface area contributed by atoms with Gasteiger partial charge < -0.3 is 4.74 Å². The third-order valence-electron chi connectivity index (χ3n) is 4.87. The predicted molar refractivity (Wildman–Crippen MR) is 104 cm³/mol. The van der Waals surface area contributed by atoms with Crippen molar-refractivity contribution < 1.29 is 26.7 Å². The van der Waals surface area contributed by atoms with E-state index in [-0.39, 0.29) is 28.4 Å². The second-order valence-electron chi connectivity index (χ2n) is 7.06. The summed E-state index contributed by atoms with van der Waals surface area (Å²) < 4.78 is 62.7. The Morgan fingerprint density at radius 3 is 2.79 bits per heavy atom. The van der Waals surface area contributed by atoms with Crippen molar-refractivity contribution in [2.75, 3.05) is 13.4 Å². The first-order valence-electron chi connectivity index (χ1n) is 8.56. The number of aromatic nitrogens is 2. The molecule has 7 nitrogen and oxygen atoms in total. The van der Waals surface area contributed by atoms with Gasteiger partial charge in [0.05, 0.1) is 18.4 Å². The number of esters is 1. The van der Waals surface area contributed by atoms with Crippen molar-refractivity contribution in [3.05, 3.63) is 45.2 Å². The molecule has 1 aliphatic rings. The molecule has 3 rings (SSSR count). The zero-order chi connectivity index (χ0) is 21.4. The number of halogens is 3. The van der Waals surface area contributed by atoms with Gasteiger partial charge in [0.1, 0.15) is 17.5 Å². The number of nitrogens with zero attached hydrogens (tertiary/aromatic N) is 2. The van der Waals surface area contributed by atoms with Crippen LogP contribution in [0, 0.1) is 11.6 Å². The van der Waals surface area contributed by atoms with Gasteiger partial charge in [0.2, 0.25) is 15.0 Å². The Labute approximate surface area is 175 Å². The van der Waals surface area contributed by atoms with Crippen molar-refractivity contribution in [3.8, 4) is 0 Å². The largest absolute Gasteiger partial charge is 0.464 e. The Morgan fingerprint density at radius 2 is 2.14 bits per heavy atom. The van der Waals surface area contributed by atoms with E-state index in [9.17, 15) is 22.0 Å². The molecule has 0 spiro atoms. The average molecular weight is 466 g/mol. The Bertz CT molecular complexity index is 1050. The fraction of sp³-hybridized carbons (Fsp3) is 0.471. The number of carbonyl (C=O) groups is 1. The van der Waals surface area contributed by atoms with E-state index >= 15 is 0 Å². The first-order valence-corrected chi connectivity index (χ1v) is 11.6. The number of carbonyl (C=O) groups excluding carboxylic acids is 1. The second-order valence-corrected chi connectivity index (χ2v) is 10.00. The molecule has 0 aliphatic heterocycles. The molecule has 0 bridgehead atoms. The highest BCUT2D eigenvalue weighted by molar-refractivity contribution is 7.88. The number of hydrogen-bond acceptors (Lipinski definition) is 7. The molecular formula is C17H18ClF2N3O4S2. The summed E-state index contributed by atoms with van der Waals surface area (Å²) in [6, 6.07) is 1.51. The highest BCUT2D eigenvalue weighted by Crippen LogP contribution is 2.44. The van der Waals surface area contributed by atoms with Crippen LogP contribution in [0.15, 0.2) is 12.1 Å². The zero-order valence-corrected chi connectivity index (χ0v) is 17.9. The van der Waals surface area contributed by atoms with Crippen LogP contribution in [0.1, 0.15) is 40.5 Å². The fourth-order valence-corrected chi connectivity index (χ4v) is 5.33. The van der Waals surface area contributed by atoms with Gasteiger partial charge in [-0.05, 0) is 48.8 Å². The fourth-order valence-electron chi connectivity index (χ4n) is 3.65. The van der Waals surface area contributed by atoms with Crippen LogP contribution in [-0.4, -0.2) is 43.2 Å². The normalized spacial score (nSPS) is 22.0. The van der Waals surface area contributed by atoms with E-state index in [2.05, 4.69) is 18.8 Å². The first kappa shape index (κ1) is 22.0. The van der Waals surface area contributed by atoms with Crippen LogP contribution in [0.5, 0.6) is 0 Å². The molecule has 0 unspecified atom stereocenters. The van der Waals surface area contributed by atoms with Crippen LogP contribution < -0.4 is 4.72 Å². The maximum absolute atomic E-state index is 14.4. The number of nitrogens with one attached hydrogen (secondary N) is 1. The van der Waals surface area contributed by atoms with Gasteiger partial charge in [-0.25, -0.2) is 31.7 Å². The summed E-state index contributed by atoms with van der Waals surface area (Å²) in [5, 5.41) is -0.180. The minimum atomic E-state index is -3.45. The van der Waals surface area contributed by atoms with Gasteiger partial charge in [-0.3, -0.25) is 0 Å². The number of rotatable bonds is 6. The highest BCUT2D eigenvalue weighted by Gasteiger charge is 2.45. The van der Waals surface area contributed by atoms with E-state index in [0.717, 1.165) is 17.8 Å². The van der Waals surface area contributed by atoms with Gasteiger partial charge in [0, 0.05) is 17.5 Å². The first-order chi connectivity index (χ1) is 13.5. The van der Waals surface area contributed by atoms with E-state index < -0.39 is 39.1 Å². The molecule has 1 saturated carbocycles. The molecule has 1 aromatic heterocycles. The standard InChI is InChI=1S/C17H18ClF2N3O4S2/c1-27-15(24)14-21-16(22-28-14)17(4-3-10(8-17)23-29(2,25)26)7-9-5-11(18)13(20)6-12(9)19/h5-6,10,23H,3-4,7-8H2,1-2H3/t10-,17+/m0/s1. The predicted octanol–water partition coefficient (Wildman–Crippen LogP) is 2.84. The van der Waals surface area contributed by atoms with E-state index in [4.69, 9.17) is 11.6 Å². The molecule has 0 saturated heterocycles. The Kier molecular flexibility index (Phi) is 6.23. The summed E-state index contributed by atoms with van der Waals surface area (Å²) in [6.45, 7) is 0. The third-order valence-corrected chi connectivity index (χ3v) is 6.61. The number of ether oxygens (including phenoxy) is 1. The molecule has 1 heterocycles. The van der Waals surface area contributed by atoms with Crippen LogP contribution in [0.25, 0.3) is 0 Å². The van der Waals surface area contributed by atoms with E-state index in [1.165, 1.54) is 13.2 Å². The molecule has 1 N–H and O–H groups in total. The Hall–Kier alpha value is -1.69. The lowest BCUT2D eigenvalue weighted by molar-refractivity contribution is 0.0600. The quantitative estimate of drug-likeness (QED) is 0.520. The average Bonchev–Trinajstić information content (AvgIpc) is 3.26. The van der Waals surface area contributed by atoms with Crippen molar-refractivity contribution in [2.24, 2.45) is 0 Å². The minimum Gasteiger partial charge on any atom is -0.464 e. The lowest BCUT2D eigenvalue weighted by atomic mass is 9.79. The minimum absolute atomic E-state index is 0.0407. The summed E-state index contributed by atoms with van der Waals surface area (Å²) in [7, 11) is -2.23. The Morgan fingerprint density at radius 1 is 1.41 bits per heavy atom. The summed E-state index contributed by atoms with van der Waals surface area (Å²) in [6.07, 6.45) is 2.31. The summed E-state index contributed by atoms with van der Waals surface area (Å²) in [4.78, 5) is 16.0. The molecule has 29 heavy (non-hydrogen) atoms. The van der Waals surface area contributed by atoms with Crippen molar-refractivity contribution in [2.45, 2.75) is 37.1 Å². The molecule has 0 amide bonds. The zero-order valence-electron chi connectivity index (χ0n) is 15.5. The summed E-state index contributed by atoms with van der Waals surface area (Å²) in [5.74, 6) is -2.00. The molecule has 1 aromatic carbocycles. The molecule has 2 atom stereocenters. The molecular weight excluding hydrogens is 448 g/mol. The van der Waals surface area contributed by atoms with Crippen LogP contribution in [0.4, 0.5) is 8.78 Å². The lowest BCUT2D eigenvalue weighted by Crippen LogP contribution is -2.35. The highest BCUT2D eigenvalue weighted by atomic mass is 35.5. The molecule has 12 heteroatoms. The maximum atomic E-state index is 14.4. The van der Waals surface area contributed by atoms with Gasteiger partial charge in [-0.15, -0.1) is 0 Å². The van der Waals surface area contributed by atoms with E-state index in [1.807, 2.05) is 0 Å². The summed E-state index contributed by atoms with van der Waals surface area (Å²) >= 11 is 6.67. The van der Waals surface area contributed by atoms with Crippen molar-refractivity contribution in [3.63, 3.8) is 0 Å². The van der Waals surface area contributed by atoms with Crippen LogP contribution in [-0.2, 0) is 26.6 Å². The smallest absolute Gasteiger partial charge is 0.368 e. The molecule has 2 aromatic rings. The lowest BCUT2D eigenvalue weighted by Gasteiger charge is -2.27. The number of benzene rings is 1. The Balaban J connectivity index is 2.00. The van der Waals surface area contributed by atoms with Crippen LogP contribution in [0.2, 0.25) is 5.02 Å². The van der Waals surface area contributed by atoms with Crippen LogP contribution in [0.3, 0.4) is 0 Å². The van der Waals surface area contributed by atoms with Gasteiger partial charge in [-0.2, -0.15) is 4.37 Å².